The quantitative estimate of drug-likeness (QED) is 0.575. The van der Waals surface area contributed by atoms with E-state index in [1.165, 1.54) is 6.92 Å². The predicted octanol–water partition coefficient (Wildman–Crippen LogP) is 0.875. The van der Waals surface area contributed by atoms with Crippen molar-refractivity contribution in [1.82, 2.24) is 9.78 Å². The highest BCUT2D eigenvalue weighted by Crippen LogP contribution is 2.35. The van der Waals surface area contributed by atoms with Crippen LogP contribution in [-0.4, -0.2) is 28.1 Å². The molecule has 0 bridgehead atoms. The summed E-state index contributed by atoms with van der Waals surface area (Å²) in [5.41, 5.74) is 0.114. The number of Topliss-reactive ketones (excluding diaryl/α,β-unsaturated/α-hetero) is 1. The van der Waals surface area contributed by atoms with Gasteiger partial charge in [0.25, 0.3) is 0 Å². The fourth-order valence-corrected chi connectivity index (χ4v) is 2.24. The molecule has 1 aliphatic rings. The summed E-state index contributed by atoms with van der Waals surface area (Å²) in [6.07, 6.45) is 5.33. The Morgan fingerprint density at radius 1 is 1.65 bits per heavy atom. The van der Waals surface area contributed by atoms with E-state index >= 15 is 0 Å². The molecule has 1 unspecified atom stereocenters. The first-order chi connectivity index (χ1) is 8.04. The van der Waals surface area contributed by atoms with Crippen LogP contribution < -0.4 is 0 Å². The molecule has 92 valence electrons. The van der Waals surface area contributed by atoms with Crippen molar-refractivity contribution in [3.63, 3.8) is 0 Å². The number of carbonyl (C=O) groups is 2. The van der Waals surface area contributed by atoms with Crippen LogP contribution in [0.15, 0.2) is 12.4 Å². The summed E-state index contributed by atoms with van der Waals surface area (Å²) in [6, 6.07) is 0. The van der Waals surface area contributed by atoms with Crippen LogP contribution in [0.2, 0.25) is 0 Å². The van der Waals surface area contributed by atoms with Crippen LogP contribution in [0.4, 0.5) is 0 Å². The minimum absolute atomic E-state index is 0.0936. The number of aromatic nitrogens is 2. The van der Waals surface area contributed by atoms with Gasteiger partial charge in [0, 0.05) is 19.7 Å². The van der Waals surface area contributed by atoms with Gasteiger partial charge in [0.2, 0.25) is 0 Å². The van der Waals surface area contributed by atoms with Crippen LogP contribution in [0.5, 0.6) is 0 Å². The minimum atomic E-state index is -0.921. The van der Waals surface area contributed by atoms with Crippen LogP contribution in [0.1, 0.15) is 25.3 Å². The summed E-state index contributed by atoms with van der Waals surface area (Å²) in [4.78, 5) is 23.4. The van der Waals surface area contributed by atoms with E-state index in [1.807, 2.05) is 13.2 Å². The number of ketones is 1. The zero-order valence-electron chi connectivity index (χ0n) is 10.1. The minimum Gasteiger partial charge on any atom is -0.465 e. The molecular weight excluding hydrogens is 220 g/mol. The van der Waals surface area contributed by atoms with Crippen LogP contribution in [-0.2, 0) is 27.8 Å². The third-order valence-electron chi connectivity index (χ3n) is 3.43. The van der Waals surface area contributed by atoms with E-state index in [4.69, 9.17) is 4.74 Å². The van der Waals surface area contributed by atoms with Crippen molar-refractivity contribution in [2.45, 2.75) is 26.2 Å². The van der Waals surface area contributed by atoms with Crippen LogP contribution >= 0.6 is 0 Å². The van der Waals surface area contributed by atoms with E-state index in [1.54, 1.807) is 10.9 Å². The molecular formula is C12H16N2O3. The summed E-state index contributed by atoms with van der Waals surface area (Å²) >= 11 is 0. The first-order valence-electron chi connectivity index (χ1n) is 5.70. The number of hydrogen-bond acceptors (Lipinski definition) is 4. The molecule has 0 aromatic carbocycles. The van der Waals surface area contributed by atoms with Gasteiger partial charge in [-0.25, -0.2) is 0 Å². The maximum absolute atomic E-state index is 11.7. The fourth-order valence-electron chi connectivity index (χ4n) is 2.24. The van der Waals surface area contributed by atoms with Crippen molar-refractivity contribution in [2.75, 3.05) is 6.61 Å². The highest BCUT2D eigenvalue weighted by molar-refractivity contribution is 6.03. The molecule has 2 heterocycles. The Labute approximate surface area is 99.8 Å². The molecule has 5 heteroatoms. The number of rotatable bonds is 4. The van der Waals surface area contributed by atoms with Gasteiger partial charge in [-0.15, -0.1) is 0 Å². The largest absolute Gasteiger partial charge is 0.465 e. The Kier molecular flexibility index (Phi) is 3.00. The van der Waals surface area contributed by atoms with Crippen molar-refractivity contribution >= 4 is 11.8 Å². The molecule has 17 heavy (non-hydrogen) atoms. The second-order valence-corrected chi connectivity index (χ2v) is 4.55. The van der Waals surface area contributed by atoms with E-state index in [0.717, 1.165) is 5.56 Å². The van der Waals surface area contributed by atoms with Crippen molar-refractivity contribution in [1.29, 1.82) is 0 Å². The molecule has 1 aromatic rings. The molecule has 5 nitrogen and oxygen atoms in total. The topological polar surface area (TPSA) is 61.2 Å². The number of nitrogens with zero attached hydrogens (tertiary/aromatic N) is 2. The summed E-state index contributed by atoms with van der Waals surface area (Å²) in [7, 11) is 1.84. The highest BCUT2D eigenvalue weighted by Gasteiger charge is 2.48. The van der Waals surface area contributed by atoms with Gasteiger partial charge in [0.05, 0.1) is 12.8 Å². The maximum Gasteiger partial charge on any atom is 0.319 e. The second kappa shape index (κ2) is 4.31. The lowest BCUT2D eigenvalue weighted by Gasteiger charge is -2.20. The van der Waals surface area contributed by atoms with E-state index in [2.05, 4.69) is 5.10 Å². The lowest BCUT2D eigenvalue weighted by Crippen LogP contribution is -2.34. The van der Waals surface area contributed by atoms with E-state index in [-0.39, 0.29) is 11.8 Å². The van der Waals surface area contributed by atoms with E-state index < -0.39 is 5.41 Å². The molecule has 1 atom stereocenters. The Morgan fingerprint density at radius 2 is 2.41 bits per heavy atom. The zero-order chi connectivity index (χ0) is 12.5. The van der Waals surface area contributed by atoms with Gasteiger partial charge < -0.3 is 4.74 Å². The van der Waals surface area contributed by atoms with Crippen molar-refractivity contribution in [2.24, 2.45) is 12.5 Å². The molecule has 1 saturated heterocycles. The van der Waals surface area contributed by atoms with Crippen LogP contribution in [0.25, 0.3) is 0 Å². The first kappa shape index (κ1) is 11.8. The molecule has 0 amide bonds. The van der Waals surface area contributed by atoms with Gasteiger partial charge >= 0.3 is 5.97 Å². The maximum atomic E-state index is 11.7. The average molecular weight is 236 g/mol. The zero-order valence-corrected chi connectivity index (χ0v) is 10.1. The number of esters is 1. The molecule has 1 aliphatic heterocycles. The van der Waals surface area contributed by atoms with Gasteiger partial charge in [-0.05, 0) is 25.3 Å². The number of carbonyl (C=O) groups excluding carboxylic acids is 2. The Balaban J connectivity index is 2.09. The van der Waals surface area contributed by atoms with Gasteiger partial charge in [0.15, 0.2) is 0 Å². The summed E-state index contributed by atoms with van der Waals surface area (Å²) in [5, 5.41) is 4.06. The normalized spacial score (nSPS) is 23.8. The Bertz CT molecular complexity index is 452. The molecule has 2 rings (SSSR count). The van der Waals surface area contributed by atoms with Crippen molar-refractivity contribution in [3.05, 3.63) is 18.0 Å². The van der Waals surface area contributed by atoms with Crippen molar-refractivity contribution < 1.29 is 14.3 Å². The summed E-state index contributed by atoms with van der Waals surface area (Å²) in [6.45, 7) is 1.82. The fraction of sp³-hybridized carbons (Fsp3) is 0.583. The van der Waals surface area contributed by atoms with Gasteiger partial charge in [-0.2, -0.15) is 5.10 Å². The Hall–Kier alpha value is -1.65. The average Bonchev–Trinajstić information content (AvgIpc) is 2.83. The molecule has 1 aromatic heterocycles. The molecule has 1 fully saturated rings. The number of hydrogen-bond donors (Lipinski definition) is 0. The van der Waals surface area contributed by atoms with Gasteiger partial charge in [-0.1, -0.05) is 0 Å². The Morgan fingerprint density at radius 3 is 2.88 bits per heavy atom. The van der Waals surface area contributed by atoms with Crippen LogP contribution in [0.3, 0.4) is 0 Å². The third-order valence-corrected chi connectivity index (χ3v) is 3.43. The lowest BCUT2D eigenvalue weighted by atomic mass is 9.78. The SMILES string of the molecule is CC(=O)C1(CCc2cnn(C)c2)CCOC1=O. The van der Waals surface area contributed by atoms with Gasteiger partial charge in [-0.3, -0.25) is 14.3 Å². The number of ether oxygens (including phenoxy) is 1. The smallest absolute Gasteiger partial charge is 0.319 e. The van der Waals surface area contributed by atoms with Crippen molar-refractivity contribution in [3.8, 4) is 0 Å². The standard InChI is InChI=1S/C12H16N2O3/c1-9(15)12(5-6-17-11(12)16)4-3-10-7-13-14(2)8-10/h7-8H,3-6H2,1-2H3. The summed E-state index contributed by atoms with van der Waals surface area (Å²) in [5.74, 6) is -0.460. The number of cyclic esters (lactones) is 1. The lowest BCUT2D eigenvalue weighted by molar-refractivity contribution is -0.151. The van der Waals surface area contributed by atoms with Gasteiger partial charge in [0.1, 0.15) is 11.2 Å². The van der Waals surface area contributed by atoms with E-state index in [0.29, 0.717) is 25.9 Å². The molecule has 0 N–H and O–H groups in total. The highest BCUT2D eigenvalue weighted by atomic mass is 16.5. The molecule has 0 saturated carbocycles. The summed E-state index contributed by atoms with van der Waals surface area (Å²) < 4.78 is 6.65. The molecule has 0 radical (unpaired) electrons. The third kappa shape index (κ3) is 2.09. The van der Waals surface area contributed by atoms with E-state index in [9.17, 15) is 9.59 Å². The number of aryl methyl sites for hydroxylation is 2. The predicted molar refractivity (Wildman–Crippen MR) is 60.2 cm³/mol. The second-order valence-electron chi connectivity index (χ2n) is 4.55. The molecule has 0 spiro atoms. The van der Waals surface area contributed by atoms with Crippen LogP contribution in [0, 0.1) is 5.41 Å². The molecule has 0 aliphatic carbocycles. The first-order valence-corrected chi connectivity index (χ1v) is 5.70. The monoisotopic (exact) mass is 236 g/mol.